The van der Waals surface area contributed by atoms with Gasteiger partial charge in [0.25, 0.3) is 0 Å². The molecular weight excluding hydrogens is 186 g/mol. The molecule has 15 heavy (non-hydrogen) atoms. The molecule has 0 aliphatic rings. The number of benzene rings is 1. The minimum Gasteiger partial charge on any atom is -0.396 e. The van der Waals surface area contributed by atoms with Gasteiger partial charge in [-0.2, -0.15) is 0 Å². The number of aliphatic hydroxyl groups is 1. The number of hydrogen-bond donors (Lipinski definition) is 2. The first-order chi connectivity index (χ1) is 7.13. The lowest BCUT2D eigenvalue weighted by molar-refractivity contribution is 0.268. The van der Waals surface area contributed by atoms with E-state index < -0.39 is 0 Å². The molecule has 0 saturated heterocycles. The molecule has 1 atom stereocenters. The Bertz CT molecular complexity index is 309. The zero-order chi connectivity index (χ0) is 11.3. The zero-order valence-electron chi connectivity index (χ0n) is 9.88. The van der Waals surface area contributed by atoms with Gasteiger partial charge in [-0.05, 0) is 38.3 Å². The fourth-order valence-electron chi connectivity index (χ4n) is 1.57. The summed E-state index contributed by atoms with van der Waals surface area (Å²) in [5, 5.41) is 12.2. The van der Waals surface area contributed by atoms with Crippen molar-refractivity contribution in [2.75, 3.05) is 6.61 Å². The molecule has 0 spiro atoms. The van der Waals surface area contributed by atoms with Crippen molar-refractivity contribution >= 4 is 0 Å². The van der Waals surface area contributed by atoms with Crippen molar-refractivity contribution in [3.05, 3.63) is 34.9 Å². The SMILES string of the molecule is Cc1ccc(C)c(CN[C@H](C)CCO)c1. The van der Waals surface area contributed by atoms with Crippen molar-refractivity contribution < 1.29 is 5.11 Å². The maximum absolute atomic E-state index is 8.79. The standard InChI is InChI=1S/C13H21NO/c1-10-4-5-11(2)13(8-10)9-14-12(3)6-7-15/h4-5,8,12,14-15H,6-7,9H2,1-3H3/t12-/m1/s1. The van der Waals surface area contributed by atoms with Gasteiger partial charge in [-0.25, -0.2) is 0 Å². The van der Waals surface area contributed by atoms with Crippen LogP contribution in [0.15, 0.2) is 18.2 Å². The Balaban J connectivity index is 2.53. The third-order valence-electron chi connectivity index (χ3n) is 2.71. The lowest BCUT2D eigenvalue weighted by Crippen LogP contribution is -2.26. The van der Waals surface area contributed by atoms with Gasteiger partial charge in [0.1, 0.15) is 0 Å². The Morgan fingerprint density at radius 1 is 1.33 bits per heavy atom. The van der Waals surface area contributed by atoms with E-state index in [4.69, 9.17) is 5.11 Å². The van der Waals surface area contributed by atoms with Gasteiger partial charge >= 0.3 is 0 Å². The minimum absolute atomic E-state index is 0.251. The fraction of sp³-hybridized carbons (Fsp3) is 0.538. The molecule has 2 nitrogen and oxygen atoms in total. The van der Waals surface area contributed by atoms with E-state index in [1.165, 1.54) is 16.7 Å². The summed E-state index contributed by atoms with van der Waals surface area (Å²) in [6.45, 7) is 7.48. The maximum Gasteiger partial charge on any atom is 0.0445 e. The van der Waals surface area contributed by atoms with Crippen molar-refractivity contribution in [3.63, 3.8) is 0 Å². The molecule has 2 heteroatoms. The van der Waals surface area contributed by atoms with Gasteiger partial charge in [0.15, 0.2) is 0 Å². The molecular formula is C13H21NO. The molecule has 0 amide bonds. The van der Waals surface area contributed by atoms with Gasteiger partial charge in [-0.15, -0.1) is 0 Å². The third kappa shape index (κ3) is 4.02. The summed E-state index contributed by atoms with van der Waals surface area (Å²) in [6, 6.07) is 6.88. The van der Waals surface area contributed by atoms with E-state index in [1.54, 1.807) is 0 Å². The van der Waals surface area contributed by atoms with Crippen molar-refractivity contribution in [1.82, 2.24) is 5.32 Å². The highest BCUT2D eigenvalue weighted by molar-refractivity contribution is 5.30. The average molecular weight is 207 g/mol. The van der Waals surface area contributed by atoms with E-state index in [9.17, 15) is 0 Å². The quantitative estimate of drug-likeness (QED) is 0.775. The molecule has 0 aromatic heterocycles. The van der Waals surface area contributed by atoms with Gasteiger partial charge in [-0.1, -0.05) is 23.8 Å². The van der Waals surface area contributed by atoms with Crippen LogP contribution < -0.4 is 5.32 Å². The van der Waals surface area contributed by atoms with Crippen LogP contribution in [0.25, 0.3) is 0 Å². The Hall–Kier alpha value is -0.860. The molecule has 0 saturated carbocycles. The number of hydrogen-bond acceptors (Lipinski definition) is 2. The predicted octanol–water partition coefficient (Wildman–Crippen LogP) is 2.16. The minimum atomic E-state index is 0.251. The molecule has 1 aromatic rings. The summed E-state index contributed by atoms with van der Waals surface area (Å²) in [5.41, 5.74) is 3.97. The van der Waals surface area contributed by atoms with E-state index >= 15 is 0 Å². The van der Waals surface area contributed by atoms with Crippen LogP contribution in [0, 0.1) is 13.8 Å². The Kier molecular flexibility index (Phi) is 4.79. The van der Waals surface area contributed by atoms with Crippen LogP contribution in [0.3, 0.4) is 0 Å². The fourth-order valence-corrected chi connectivity index (χ4v) is 1.57. The Morgan fingerprint density at radius 2 is 2.07 bits per heavy atom. The molecule has 0 aliphatic heterocycles. The van der Waals surface area contributed by atoms with E-state index in [1.807, 2.05) is 0 Å². The largest absolute Gasteiger partial charge is 0.396 e. The van der Waals surface area contributed by atoms with E-state index in [0.29, 0.717) is 6.04 Å². The van der Waals surface area contributed by atoms with Crippen LogP contribution in [0.2, 0.25) is 0 Å². The molecule has 0 aliphatic carbocycles. The highest BCUT2D eigenvalue weighted by atomic mass is 16.3. The summed E-state index contributed by atoms with van der Waals surface area (Å²) >= 11 is 0. The van der Waals surface area contributed by atoms with Gasteiger partial charge in [0.05, 0.1) is 0 Å². The number of nitrogens with one attached hydrogen (secondary N) is 1. The summed E-state index contributed by atoms with van der Waals surface area (Å²) in [7, 11) is 0. The first-order valence-electron chi connectivity index (χ1n) is 5.54. The van der Waals surface area contributed by atoms with E-state index in [0.717, 1.165) is 13.0 Å². The lowest BCUT2D eigenvalue weighted by atomic mass is 10.1. The highest BCUT2D eigenvalue weighted by Gasteiger charge is 2.02. The van der Waals surface area contributed by atoms with Crippen LogP contribution in [-0.2, 0) is 6.54 Å². The Morgan fingerprint density at radius 3 is 2.73 bits per heavy atom. The Labute approximate surface area is 92.3 Å². The van der Waals surface area contributed by atoms with Crippen LogP contribution in [0.5, 0.6) is 0 Å². The number of rotatable bonds is 5. The maximum atomic E-state index is 8.79. The van der Waals surface area contributed by atoms with E-state index in [-0.39, 0.29) is 6.61 Å². The molecule has 0 unspecified atom stereocenters. The normalized spacial score (nSPS) is 12.8. The highest BCUT2D eigenvalue weighted by Crippen LogP contribution is 2.10. The summed E-state index contributed by atoms with van der Waals surface area (Å²) in [6.07, 6.45) is 0.810. The summed E-state index contributed by atoms with van der Waals surface area (Å²) < 4.78 is 0. The van der Waals surface area contributed by atoms with Gasteiger partial charge in [0.2, 0.25) is 0 Å². The lowest BCUT2D eigenvalue weighted by Gasteiger charge is -2.14. The first kappa shape index (κ1) is 12.2. The monoisotopic (exact) mass is 207 g/mol. The van der Waals surface area contributed by atoms with Crippen molar-refractivity contribution in [2.24, 2.45) is 0 Å². The van der Waals surface area contributed by atoms with Gasteiger partial charge in [0, 0.05) is 19.2 Å². The molecule has 84 valence electrons. The van der Waals surface area contributed by atoms with Crippen molar-refractivity contribution in [1.29, 1.82) is 0 Å². The second kappa shape index (κ2) is 5.89. The smallest absolute Gasteiger partial charge is 0.0445 e. The topological polar surface area (TPSA) is 32.3 Å². The molecule has 2 N–H and O–H groups in total. The third-order valence-corrected chi connectivity index (χ3v) is 2.71. The number of aryl methyl sites for hydroxylation is 2. The van der Waals surface area contributed by atoms with Crippen molar-refractivity contribution in [3.8, 4) is 0 Å². The molecule has 1 aromatic carbocycles. The second-order valence-electron chi connectivity index (χ2n) is 4.22. The zero-order valence-corrected chi connectivity index (χ0v) is 9.88. The predicted molar refractivity (Wildman–Crippen MR) is 63.9 cm³/mol. The first-order valence-corrected chi connectivity index (χ1v) is 5.54. The van der Waals surface area contributed by atoms with E-state index in [2.05, 4.69) is 44.3 Å². The van der Waals surface area contributed by atoms with Crippen molar-refractivity contribution in [2.45, 2.75) is 39.8 Å². The van der Waals surface area contributed by atoms with Crippen LogP contribution in [0.4, 0.5) is 0 Å². The summed E-state index contributed by atoms with van der Waals surface area (Å²) in [5.74, 6) is 0. The van der Waals surface area contributed by atoms with Crippen LogP contribution in [-0.4, -0.2) is 17.8 Å². The van der Waals surface area contributed by atoms with Gasteiger partial charge < -0.3 is 10.4 Å². The van der Waals surface area contributed by atoms with Crippen LogP contribution in [0.1, 0.15) is 30.0 Å². The molecule has 0 radical (unpaired) electrons. The van der Waals surface area contributed by atoms with Gasteiger partial charge in [-0.3, -0.25) is 0 Å². The average Bonchev–Trinajstić information content (AvgIpc) is 2.20. The molecule has 0 bridgehead atoms. The molecule has 1 rings (SSSR count). The molecule has 0 fully saturated rings. The second-order valence-corrected chi connectivity index (χ2v) is 4.22. The van der Waals surface area contributed by atoms with Crippen LogP contribution >= 0.6 is 0 Å². The number of aliphatic hydroxyl groups excluding tert-OH is 1. The summed E-state index contributed by atoms with van der Waals surface area (Å²) in [4.78, 5) is 0. The molecule has 0 heterocycles.